The summed E-state index contributed by atoms with van der Waals surface area (Å²) in [5, 5.41) is 8.61. The van der Waals surface area contributed by atoms with E-state index in [1.807, 2.05) is 17.8 Å². The molecule has 0 saturated carbocycles. The summed E-state index contributed by atoms with van der Waals surface area (Å²) in [5.74, 6) is 1.67. The van der Waals surface area contributed by atoms with E-state index < -0.39 is 0 Å². The minimum Gasteiger partial charge on any atom is -0.369 e. The van der Waals surface area contributed by atoms with E-state index in [4.69, 9.17) is 0 Å². The van der Waals surface area contributed by atoms with Crippen molar-refractivity contribution in [3.05, 3.63) is 12.0 Å². The van der Waals surface area contributed by atoms with Gasteiger partial charge >= 0.3 is 0 Å². The molecule has 5 nitrogen and oxygen atoms in total. The summed E-state index contributed by atoms with van der Waals surface area (Å²) in [7, 11) is 0. The highest BCUT2D eigenvalue weighted by Crippen LogP contribution is 2.19. The molecule has 5 heteroatoms. The number of fused-ring (bicyclic) bond motifs is 1. The van der Waals surface area contributed by atoms with Crippen molar-refractivity contribution in [3.8, 4) is 0 Å². The lowest BCUT2D eigenvalue weighted by Crippen LogP contribution is -2.05. The van der Waals surface area contributed by atoms with Crippen LogP contribution in [-0.4, -0.2) is 26.3 Å². The quantitative estimate of drug-likeness (QED) is 0.854. The molecule has 2 aromatic rings. The molecule has 0 aliphatic carbocycles. The molecule has 0 amide bonds. The van der Waals surface area contributed by atoms with Gasteiger partial charge in [0.1, 0.15) is 11.6 Å². The van der Waals surface area contributed by atoms with E-state index in [-0.39, 0.29) is 0 Å². The SMILES string of the molecule is CCCNc1nc(C)nc2c1cnn2CC. The minimum atomic E-state index is 0.779. The number of aryl methyl sites for hydroxylation is 2. The molecule has 0 spiro atoms. The second-order valence-electron chi connectivity index (χ2n) is 3.74. The van der Waals surface area contributed by atoms with E-state index in [2.05, 4.69) is 34.2 Å². The maximum absolute atomic E-state index is 4.42. The van der Waals surface area contributed by atoms with Gasteiger partial charge in [0.2, 0.25) is 0 Å². The molecule has 2 rings (SSSR count). The predicted octanol–water partition coefficient (Wildman–Crippen LogP) is 1.98. The Hall–Kier alpha value is -1.65. The van der Waals surface area contributed by atoms with Gasteiger partial charge in [-0.3, -0.25) is 0 Å². The Bertz CT molecular complexity index is 488. The molecule has 0 radical (unpaired) electrons. The van der Waals surface area contributed by atoms with Crippen LogP contribution in [-0.2, 0) is 6.54 Å². The monoisotopic (exact) mass is 219 g/mol. The molecule has 0 aromatic carbocycles. The van der Waals surface area contributed by atoms with E-state index in [1.54, 1.807) is 0 Å². The van der Waals surface area contributed by atoms with Gasteiger partial charge in [0.25, 0.3) is 0 Å². The van der Waals surface area contributed by atoms with Crippen LogP contribution in [0.25, 0.3) is 11.0 Å². The van der Waals surface area contributed by atoms with Gasteiger partial charge in [0.15, 0.2) is 5.65 Å². The Morgan fingerprint density at radius 3 is 2.81 bits per heavy atom. The predicted molar refractivity (Wildman–Crippen MR) is 64.5 cm³/mol. The van der Waals surface area contributed by atoms with E-state index in [0.717, 1.165) is 42.2 Å². The zero-order valence-electron chi connectivity index (χ0n) is 9.99. The highest BCUT2D eigenvalue weighted by atomic mass is 15.3. The average Bonchev–Trinajstić information content (AvgIpc) is 2.68. The van der Waals surface area contributed by atoms with Crippen LogP contribution in [0.3, 0.4) is 0 Å². The van der Waals surface area contributed by atoms with Crippen molar-refractivity contribution in [2.45, 2.75) is 33.7 Å². The van der Waals surface area contributed by atoms with Crippen molar-refractivity contribution in [2.24, 2.45) is 0 Å². The third-order valence-electron chi connectivity index (χ3n) is 2.45. The molecule has 0 aliphatic heterocycles. The number of nitrogens with one attached hydrogen (secondary N) is 1. The van der Waals surface area contributed by atoms with Gasteiger partial charge in [-0.2, -0.15) is 5.10 Å². The van der Waals surface area contributed by atoms with Gasteiger partial charge < -0.3 is 5.32 Å². The molecule has 1 N–H and O–H groups in total. The molecule has 2 heterocycles. The zero-order chi connectivity index (χ0) is 11.5. The number of anilines is 1. The second-order valence-corrected chi connectivity index (χ2v) is 3.74. The summed E-state index contributed by atoms with van der Waals surface area (Å²) in [5.41, 5.74) is 0.911. The van der Waals surface area contributed by atoms with Gasteiger partial charge in [0.05, 0.1) is 11.6 Å². The van der Waals surface area contributed by atoms with Gasteiger partial charge in [-0.15, -0.1) is 0 Å². The molecular weight excluding hydrogens is 202 g/mol. The molecule has 2 aromatic heterocycles. The van der Waals surface area contributed by atoms with E-state index >= 15 is 0 Å². The van der Waals surface area contributed by atoms with Crippen molar-refractivity contribution in [1.29, 1.82) is 0 Å². The van der Waals surface area contributed by atoms with Crippen LogP contribution < -0.4 is 5.32 Å². The number of hydrogen-bond donors (Lipinski definition) is 1. The maximum atomic E-state index is 4.42. The van der Waals surface area contributed by atoms with Crippen molar-refractivity contribution < 1.29 is 0 Å². The third kappa shape index (κ3) is 1.85. The normalized spacial score (nSPS) is 10.9. The number of aromatic nitrogens is 4. The Labute approximate surface area is 94.9 Å². The van der Waals surface area contributed by atoms with Crippen molar-refractivity contribution >= 4 is 16.9 Å². The first-order valence-corrected chi connectivity index (χ1v) is 5.70. The zero-order valence-corrected chi connectivity index (χ0v) is 9.99. The fourth-order valence-corrected chi connectivity index (χ4v) is 1.67. The van der Waals surface area contributed by atoms with Crippen LogP contribution in [0.2, 0.25) is 0 Å². The van der Waals surface area contributed by atoms with Crippen LogP contribution in [0.4, 0.5) is 5.82 Å². The Morgan fingerprint density at radius 2 is 2.12 bits per heavy atom. The van der Waals surface area contributed by atoms with Crippen molar-refractivity contribution in [3.63, 3.8) is 0 Å². The molecule has 0 fully saturated rings. The van der Waals surface area contributed by atoms with E-state index in [1.165, 1.54) is 0 Å². The van der Waals surface area contributed by atoms with Crippen LogP contribution in [0, 0.1) is 6.92 Å². The largest absolute Gasteiger partial charge is 0.369 e. The first-order valence-electron chi connectivity index (χ1n) is 5.70. The Morgan fingerprint density at radius 1 is 1.31 bits per heavy atom. The second kappa shape index (κ2) is 4.47. The first kappa shape index (κ1) is 10.9. The molecule has 16 heavy (non-hydrogen) atoms. The summed E-state index contributed by atoms with van der Waals surface area (Å²) in [6, 6.07) is 0. The van der Waals surface area contributed by atoms with E-state index in [9.17, 15) is 0 Å². The fourth-order valence-electron chi connectivity index (χ4n) is 1.67. The molecular formula is C11H17N5. The Kier molecular flexibility index (Phi) is 3.03. The molecule has 0 aliphatic rings. The van der Waals surface area contributed by atoms with E-state index in [0.29, 0.717) is 0 Å². The third-order valence-corrected chi connectivity index (χ3v) is 2.45. The lowest BCUT2D eigenvalue weighted by atomic mass is 10.3. The topological polar surface area (TPSA) is 55.6 Å². The highest BCUT2D eigenvalue weighted by molar-refractivity contribution is 5.86. The van der Waals surface area contributed by atoms with Gasteiger partial charge in [-0.1, -0.05) is 6.92 Å². The number of hydrogen-bond acceptors (Lipinski definition) is 4. The van der Waals surface area contributed by atoms with Crippen molar-refractivity contribution in [1.82, 2.24) is 19.7 Å². The lowest BCUT2D eigenvalue weighted by molar-refractivity contribution is 0.675. The number of nitrogens with zero attached hydrogens (tertiary/aromatic N) is 4. The van der Waals surface area contributed by atoms with Crippen LogP contribution in [0.1, 0.15) is 26.1 Å². The average molecular weight is 219 g/mol. The van der Waals surface area contributed by atoms with Gasteiger partial charge in [-0.05, 0) is 20.3 Å². The molecule has 0 saturated heterocycles. The lowest BCUT2D eigenvalue weighted by Gasteiger charge is -2.06. The molecule has 0 bridgehead atoms. The van der Waals surface area contributed by atoms with Gasteiger partial charge in [-0.25, -0.2) is 14.6 Å². The smallest absolute Gasteiger partial charge is 0.163 e. The van der Waals surface area contributed by atoms with Crippen molar-refractivity contribution in [2.75, 3.05) is 11.9 Å². The summed E-state index contributed by atoms with van der Waals surface area (Å²) >= 11 is 0. The molecule has 86 valence electrons. The summed E-state index contributed by atoms with van der Waals surface area (Å²) in [4.78, 5) is 8.84. The van der Waals surface area contributed by atoms with Crippen LogP contribution >= 0.6 is 0 Å². The maximum Gasteiger partial charge on any atom is 0.163 e. The summed E-state index contributed by atoms with van der Waals surface area (Å²) < 4.78 is 1.89. The highest BCUT2D eigenvalue weighted by Gasteiger charge is 2.09. The van der Waals surface area contributed by atoms with Gasteiger partial charge in [0, 0.05) is 13.1 Å². The minimum absolute atomic E-state index is 0.779. The standard InChI is InChI=1S/C11H17N5/c1-4-6-12-10-9-7-13-16(5-2)11(9)15-8(3)14-10/h7H,4-6H2,1-3H3,(H,12,14,15). The van der Waals surface area contributed by atoms with Crippen LogP contribution in [0.5, 0.6) is 0 Å². The van der Waals surface area contributed by atoms with Crippen LogP contribution in [0.15, 0.2) is 6.20 Å². The summed E-state index contributed by atoms with van der Waals surface area (Å²) in [6.45, 7) is 7.84. The Balaban J connectivity index is 2.51. The molecule has 0 unspecified atom stereocenters. The fraction of sp³-hybridized carbons (Fsp3) is 0.545. The first-order chi connectivity index (χ1) is 7.76. The summed E-state index contributed by atoms with van der Waals surface area (Å²) in [6.07, 6.45) is 2.91. The molecule has 0 atom stereocenters. The number of rotatable bonds is 4.